The van der Waals surface area contributed by atoms with E-state index in [4.69, 9.17) is 39.1 Å². The fourth-order valence-corrected chi connectivity index (χ4v) is 3.28. The summed E-state index contributed by atoms with van der Waals surface area (Å²) in [5, 5.41) is 0. The van der Waals surface area contributed by atoms with Gasteiger partial charge in [-0.3, -0.25) is 0 Å². The third-order valence-corrected chi connectivity index (χ3v) is 5.84. The van der Waals surface area contributed by atoms with E-state index >= 15 is 0 Å². The van der Waals surface area contributed by atoms with Gasteiger partial charge in [-0.15, -0.1) is 0 Å². The van der Waals surface area contributed by atoms with Crippen molar-refractivity contribution in [1.82, 2.24) is 0 Å². The summed E-state index contributed by atoms with van der Waals surface area (Å²) in [6.07, 6.45) is 6.72. The molecule has 8 heteroatoms. The third-order valence-electron chi connectivity index (χ3n) is 5.84. The van der Waals surface area contributed by atoms with Gasteiger partial charge < -0.3 is 0 Å². The smallest absolute Gasteiger partial charge is 0.228 e. The molecular weight excluding hydrogens is 440 g/mol. The van der Waals surface area contributed by atoms with Gasteiger partial charge in [0, 0.05) is 12.8 Å². The Bertz CT molecular complexity index is 508. The highest BCUT2D eigenvalue weighted by molar-refractivity contribution is 4.77. The summed E-state index contributed by atoms with van der Waals surface area (Å²) in [5.74, 6) is -1.68. The van der Waals surface area contributed by atoms with Crippen LogP contribution in [-0.2, 0) is 39.1 Å². The molecule has 2 aliphatic rings. The summed E-state index contributed by atoms with van der Waals surface area (Å²) < 4.78 is 0. The molecule has 0 aliphatic carbocycles. The van der Waals surface area contributed by atoms with E-state index in [1.54, 1.807) is 0 Å². The van der Waals surface area contributed by atoms with E-state index < -0.39 is 11.6 Å². The molecule has 0 spiro atoms. The molecule has 0 bridgehead atoms. The lowest BCUT2D eigenvalue weighted by Gasteiger charge is -2.30. The minimum Gasteiger partial charge on any atom is -0.228 e. The maximum Gasteiger partial charge on any atom is 0.231 e. The third kappa shape index (κ3) is 12.1. The van der Waals surface area contributed by atoms with Crippen LogP contribution in [0.3, 0.4) is 0 Å². The molecule has 0 aromatic carbocycles. The summed E-state index contributed by atoms with van der Waals surface area (Å²) in [6.45, 7) is 23.9. The first-order chi connectivity index (χ1) is 15.4. The summed E-state index contributed by atoms with van der Waals surface area (Å²) in [5.41, 5.74) is -1.32. The molecule has 2 aliphatic heterocycles. The van der Waals surface area contributed by atoms with E-state index in [1.165, 1.54) is 0 Å². The van der Waals surface area contributed by atoms with Crippen LogP contribution >= 0.6 is 0 Å². The van der Waals surface area contributed by atoms with Gasteiger partial charge in [0.2, 0.25) is 11.6 Å². The molecule has 34 heavy (non-hydrogen) atoms. The molecule has 2 fully saturated rings. The molecule has 204 valence electrons. The number of hydrogen-bond acceptors (Lipinski definition) is 8. The fourth-order valence-electron chi connectivity index (χ4n) is 3.28. The van der Waals surface area contributed by atoms with Crippen LogP contribution in [0.2, 0.25) is 0 Å². The largest absolute Gasteiger partial charge is 0.231 e. The van der Waals surface area contributed by atoms with Crippen molar-refractivity contribution < 1.29 is 39.1 Å². The summed E-state index contributed by atoms with van der Waals surface area (Å²) in [7, 11) is 0. The molecule has 0 radical (unpaired) electrons. The van der Waals surface area contributed by atoms with E-state index in [9.17, 15) is 0 Å². The van der Waals surface area contributed by atoms with E-state index in [0.29, 0.717) is 0 Å². The van der Waals surface area contributed by atoms with Crippen molar-refractivity contribution in [2.75, 3.05) is 0 Å². The van der Waals surface area contributed by atoms with Crippen LogP contribution in [0, 0.1) is 0 Å². The molecule has 2 saturated heterocycles. The van der Waals surface area contributed by atoms with Crippen LogP contribution in [0.4, 0.5) is 0 Å². The second-order valence-corrected chi connectivity index (χ2v) is 12.5. The lowest BCUT2D eigenvalue weighted by atomic mass is 9.94. The SMILES string of the molecule is CCCC1(C)OOC(C)(C)CCC(C)(C)OO1.CCCC1(C)OOC(C)(C)CCC(C)(C)OO1. The van der Waals surface area contributed by atoms with Crippen molar-refractivity contribution in [1.29, 1.82) is 0 Å². The topological polar surface area (TPSA) is 73.8 Å². The highest BCUT2D eigenvalue weighted by Gasteiger charge is 2.39. The monoisotopic (exact) mass is 492 g/mol. The van der Waals surface area contributed by atoms with Crippen LogP contribution in [0.1, 0.15) is 134 Å². The number of rotatable bonds is 4. The molecule has 2 heterocycles. The molecule has 0 aromatic heterocycles. The summed E-state index contributed by atoms with van der Waals surface area (Å²) in [6, 6.07) is 0. The lowest BCUT2D eigenvalue weighted by molar-refractivity contribution is -0.532. The Hall–Kier alpha value is -0.320. The van der Waals surface area contributed by atoms with Crippen LogP contribution in [-0.4, -0.2) is 34.0 Å². The Labute approximate surface area is 207 Å². The Morgan fingerprint density at radius 1 is 0.382 bits per heavy atom. The molecule has 0 N–H and O–H groups in total. The minimum atomic E-state index is -0.840. The van der Waals surface area contributed by atoms with Crippen LogP contribution in [0.15, 0.2) is 0 Å². The molecule has 0 unspecified atom stereocenters. The van der Waals surface area contributed by atoms with Crippen LogP contribution in [0.5, 0.6) is 0 Å². The van der Waals surface area contributed by atoms with Crippen LogP contribution in [0.25, 0.3) is 0 Å². The normalized spacial score (nSPS) is 27.9. The van der Waals surface area contributed by atoms with Gasteiger partial charge in [0.1, 0.15) is 0 Å². The molecule has 0 atom stereocenters. The second kappa shape index (κ2) is 12.3. The lowest BCUT2D eigenvalue weighted by Crippen LogP contribution is -2.37. The van der Waals surface area contributed by atoms with E-state index in [-0.39, 0.29) is 22.4 Å². The number of hydrogen-bond donors (Lipinski definition) is 0. The van der Waals surface area contributed by atoms with Crippen LogP contribution < -0.4 is 0 Å². The minimum absolute atomic E-state index is 0.330. The van der Waals surface area contributed by atoms with E-state index in [2.05, 4.69) is 13.8 Å². The van der Waals surface area contributed by atoms with Crippen molar-refractivity contribution in [3.8, 4) is 0 Å². The van der Waals surface area contributed by atoms with Crippen molar-refractivity contribution in [3.05, 3.63) is 0 Å². The van der Waals surface area contributed by atoms with E-state index in [0.717, 1.165) is 51.4 Å². The maximum atomic E-state index is 5.51. The highest BCUT2D eigenvalue weighted by atomic mass is 17.3. The Morgan fingerprint density at radius 2 is 0.588 bits per heavy atom. The van der Waals surface area contributed by atoms with Crippen molar-refractivity contribution in [2.24, 2.45) is 0 Å². The standard InChI is InChI=1S/2C13H26O4/c2*1-7-8-13(6)16-14-11(2,3)9-10-12(4,5)15-17-13/h2*7-10H2,1-6H3. The van der Waals surface area contributed by atoms with E-state index in [1.807, 2.05) is 69.2 Å². The molecule has 0 aromatic rings. The van der Waals surface area contributed by atoms with Gasteiger partial charge in [0.25, 0.3) is 0 Å². The predicted molar refractivity (Wildman–Crippen MR) is 130 cm³/mol. The Morgan fingerprint density at radius 3 is 0.765 bits per heavy atom. The van der Waals surface area contributed by atoms with Gasteiger partial charge in [0.15, 0.2) is 0 Å². The quantitative estimate of drug-likeness (QED) is 0.373. The first kappa shape index (κ1) is 31.7. The average Bonchev–Trinajstić information content (AvgIpc) is 2.79. The van der Waals surface area contributed by atoms with Gasteiger partial charge >= 0.3 is 0 Å². The highest BCUT2D eigenvalue weighted by Crippen LogP contribution is 2.34. The van der Waals surface area contributed by atoms with Crippen molar-refractivity contribution in [3.63, 3.8) is 0 Å². The maximum absolute atomic E-state index is 5.51. The Kier molecular flexibility index (Phi) is 11.5. The zero-order valence-electron chi connectivity index (χ0n) is 23.9. The molecule has 0 saturated carbocycles. The summed E-state index contributed by atoms with van der Waals surface area (Å²) >= 11 is 0. The van der Waals surface area contributed by atoms with Gasteiger partial charge in [0.05, 0.1) is 22.4 Å². The first-order valence-corrected chi connectivity index (χ1v) is 12.8. The zero-order chi connectivity index (χ0) is 26.3. The van der Waals surface area contributed by atoms with Crippen molar-refractivity contribution >= 4 is 0 Å². The van der Waals surface area contributed by atoms with Gasteiger partial charge in [-0.2, -0.15) is 19.6 Å². The molecule has 0 amide bonds. The molecule has 8 nitrogen and oxygen atoms in total. The Balaban J connectivity index is 0.000000340. The zero-order valence-corrected chi connectivity index (χ0v) is 23.9. The molecule has 2 rings (SSSR count). The second-order valence-electron chi connectivity index (χ2n) is 12.5. The fraction of sp³-hybridized carbons (Fsp3) is 1.00. The average molecular weight is 493 g/mol. The molecular formula is C26H52O8. The van der Waals surface area contributed by atoms with Gasteiger partial charge in [-0.05, 0) is 94.9 Å². The first-order valence-electron chi connectivity index (χ1n) is 12.8. The van der Waals surface area contributed by atoms with Gasteiger partial charge in [-0.1, -0.05) is 26.7 Å². The van der Waals surface area contributed by atoms with Crippen molar-refractivity contribution in [2.45, 2.75) is 168 Å². The van der Waals surface area contributed by atoms with Gasteiger partial charge in [-0.25, -0.2) is 19.6 Å². The summed E-state index contributed by atoms with van der Waals surface area (Å²) in [4.78, 5) is 43.8. The predicted octanol–water partition coefficient (Wildman–Crippen LogP) is 7.50.